The molecule has 0 bridgehead atoms. The molecule has 2 aromatic heterocycles. The van der Waals surface area contributed by atoms with Crippen LogP contribution in [0.15, 0.2) is 18.6 Å². The van der Waals surface area contributed by atoms with Crippen LogP contribution in [0.1, 0.15) is 16.2 Å². The number of nitrogens with one attached hydrogen (secondary N) is 2. The van der Waals surface area contributed by atoms with Gasteiger partial charge in [-0.3, -0.25) is 14.9 Å². The summed E-state index contributed by atoms with van der Waals surface area (Å²) in [7, 11) is 0. The second-order valence-electron chi connectivity index (χ2n) is 3.16. The number of nitrogen functional groups attached to an aromatic ring is 1. The van der Waals surface area contributed by atoms with Crippen molar-refractivity contribution in [3.05, 3.63) is 30.0 Å². The van der Waals surface area contributed by atoms with Gasteiger partial charge in [0.1, 0.15) is 5.69 Å². The fourth-order valence-electron chi connectivity index (χ4n) is 1.12. The molecule has 0 aliphatic carbocycles. The average molecular weight is 218 g/mol. The molecule has 2 heterocycles. The van der Waals surface area contributed by atoms with Gasteiger partial charge in [-0.2, -0.15) is 5.10 Å². The molecule has 2 rings (SSSR count). The van der Waals surface area contributed by atoms with E-state index in [-0.39, 0.29) is 5.69 Å². The Morgan fingerprint density at radius 3 is 2.88 bits per heavy atom. The monoisotopic (exact) mass is 218 g/mol. The van der Waals surface area contributed by atoms with E-state index in [1.807, 2.05) is 0 Å². The molecule has 0 unspecified atom stereocenters. The maximum atomic E-state index is 11.7. The van der Waals surface area contributed by atoms with E-state index in [1.54, 1.807) is 6.92 Å². The summed E-state index contributed by atoms with van der Waals surface area (Å²) in [5.41, 5.74) is 7.01. The summed E-state index contributed by atoms with van der Waals surface area (Å²) in [5, 5.41) is 9.06. The Labute approximate surface area is 91.1 Å². The largest absolute Gasteiger partial charge is 0.394 e. The topological polar surface area (TPSA) is 110 Å². The molecule has 7 nitrogen and oxygen atoms in total. The van der Waals surface area contributed by atoms with Gasteiger partial charge in [0.2, 0.25) is 0 Å². The molecule has 0 saturated carbocycles. The Morgan fingerprint density at radius 2 is 2.31 bits per heavy atom. The standard InChI is InChI=1S/C9H10N6O/c1-5-7(10)8(15-14-5)13-9(16)6-4-11-2-3-12-6/h2-4H,10H2,1H3,(H2,13,14,15,16). The van der Waals surface area contributed by atoms with Crippen molar-refractivity contribution in [1.29, 1.82) is 0 Å². The average Bonchev–Trinajstić information content (AvgIpc) is 2.62. The molecule has 4 N–H and O–H groups in total. The van der Waals surface area contributed by atoms with Gasteiger partial charge < -0.3 is 11.1 Å². The van der Waals surface area contributed by atoms with Crippen LogP contribution in [0.2, 0.25) is 0 Å². The van der Waals surface area contributed by atoms with Crippen molar-refractivity contribution in [2.75, 3.05) is 11.1 Å². The maximum absolute atomic E-state index is 11.7. The quantitative estimate of drug-likeness (QED) is 0.673. The Bertz CT molecular complexity index is 506. The predicted octanol–water partition coefficient (Wildman–Crippen LogP) is 0.343. The van der Waals surface area contributed by atoms with Crippen LogP contribution in [0.5, 0.6) is 0 Å². The van der Waals surface area contributed by atoms with Crippen molar-refractivity contribution in [1.82, 2.24) is 20.2 Å². The summed E-state index contributed by atoms with van der Waals surface area (Å²) in [6, 6.07) is 0. The molecule has 0 radical (unpaired) electrons. The van der Waals surface area contributed by atoms with Gasteiger partial charge in [0.15, 0.2) is 5.82 Å². The number of anilines is 2. The Morgan fingerprint density at radius 1 is 1.50 bits per heavy atom. The number of rotatable bonds is 2. The zero-order valence-electron chi connectivity index (χ0n) is 8.56. The van der Waals surface area contributed by atoms with E-state index in [1.165, 1.54) is 18.6 Å². The van der Waals surface area contributed by atoms with Crippen molar-refractivity contribution in [3.63, 3.8) is 0 Å². The smallest absolute Gasteiger partial charge is 0.277 e. The van der Waals surface area contributed by atoms with E-state index >= 15 is 0 Å². The van der Waals surface area contributed by atoms with Crippen LogP contribution >= 0.6 is 0 Å². The van der Waals surface area contributed by atoms with Gasteiger partial charge >= 0.3 is 0 Å². The number of nitrogens with zero attached hydrogens (tertiary/aromatic N) is 3. The van der Waals surface area contributed by atoms with Crippen LogP contribution in [0, 0.1) is 6.92 Å². The first-order valence-electron chi connectivity index (χ1n) is 4.56. The number of hydrogen-bond acceptors (Lipinski definition) is 5. The van der Waals surface area contributed by atoms with Crippen LogP contribution in [0.4, 0.5) is 11.5 Å². The first-order chi connectivity index (χ1) is 7.68. The third kappa shape index (κ3) is 1.83. The predicted molar refractivity (Wildman–Crippen MR) is 57.7 cm³/mol. The van der Waals surface area contributed by atoms with Crippen LogP contribution in [0.3, 0.4) is 0 Å². The minimum Gasteiger partial charge on any atom is -0.394 e. The molecule has 7 heteroatoms. The van der Waals surface area contributed by atoms with Crippen LogP contribution < -0.4 is 11.1 Å². The zero-order valence-corrected chi connectivity index (χ0v) is 8.56. The maximum Gasteiger partial charge on any atom is 0.277 e. The van der Waals surface area contributed by atoms with E-state index in [4.69, 9.17) is 5.73 Å². The van der Waals surface area contributed by atoms with Gasteiger partial charge in [-0.15, -0.1) is 0 Å². The van der Waals surface area contributed by atoms with E-state index in [2.05, 4.69) is 25.5 Å². The van der Waals surface area contributed by atoms with Crippen LogP contribution in [-0.4, -0.2) is 26.1 Å². The van der Waals surface area contributed by atoms with Crippen molar-refractivity contribution < 1.29 is 4.79 Å². The Kier molecular flexibility index (Phi) is 2.50. The van der Waals surface area contributed by atoms with Crippen molar-refractivity contribution in [3.8, 4) is 0 Å². The molecular formula is C9H10N6O. The lowest BCUT2D eigenvalue weighted by Gasteiger charge is -2.01. The van der Waals surface area contributed by atoms with Crippen LogP contribution in [0.25, 0.3) is 0 Å². The van der Waals surface area contributed by atoms with Gasteiger partial charge in [-0.05, 0) is 6.92 Å². The minimum atomic E-state index is -0.397. The number of nitrogens with two attached hydrogens (primary N) is 1. The molecule has 0 aromatic carbocycles. The molecule has 0 atom stereocenters. The highest BCUT2D eigenvalue weighted by Crippen LogP contribution is 2.18. The van der Waals surface area contributed by atoms with Gasteiger partial charge in [-0.25, -0.2) is 4.98 Å². The molecule has 0 spiro atoms. The first-order valence-corrected chi connectivity index (χ1v) is 4.56. The minimum absolute atomic E-state index is 0.211. The molecule has 0 fully saturated rings. The summed E-state index contributed by atoms with van der Waals surface area (Å²) < 4.78 is 0. The van der Waals surface area contributed by atoms with Gasteiger partial charge in [0, 0.05) is 12.4 Å². The number of amides is 1. The number of aromatic amines is 1. The fourth-order valence-corrected chi connectivity index (χ4v) is 1.12. The van der Waals surface area contributed by atoms with Crippen LogP contribution in [-0.2, 0) is 0 Å². The number of aryl methyl sites for hydroxylation is 1. The highest BCUT2D eigenvalue weighted by atomic mass is 16.2. The Balaban J connectivity index is 2.17. The van der Waals surface area contributed by atoms with E-state index < -0.39 is 5.91 Å². The summed E-state index contributed by atoms with van der Waals surface area (Å²) in [5.74, 6) is -0.0977. The molecule has 0 aliphatic heterocycles. The number of carbonyl (C=O) groups excluding carboxylic acids is 1. The summed E-state index contributed by atoms with van der Waals surface area (Å²) in [6.07, 6.45) is 4.29. The molecule has 2 aromatic rings. The summed E-state index contributed by atoms with van der Waals surface area (Å²) in [6.45, 7) is 1.76. The Hall–Kier alpha value is -2.44. The van der Waals surface area contributed by atoms with Crippen molar-refractivity contribution in [2.24, 2.45) is 0 Å². The second-order valence-corrected chi connectivity index (χ2v) is 3.16. The van der Waals surface area contributed by atoms with Crippen molar-refractivity contribution in [2.45, 2.75) is 6.92 Å². The summed E-state index contributed by atoms with van der Waals surface area (Å²) in [4.78, 5) is 19.3. The lowest BCUT2D eigenvalue weighted by Crippen LogP contribution is -2.15. The molecule has 82 valence electrons. The SMILES string of the molecule is Cc1[nH]nc(NC(=O)c2cnccn2)c1N. The zero-order chi connectivity index (χ0) is 11.5. The van der Waals surface area contributed by atoms with Gasteiger partial charge in [-0.1, -0.05) is 0 Å². The van der Waals surface area contributed by atoms with Gasteiger partial charge in [0.25, 0.3) is 5.91 Å². The third-order valence-corrected chi connectivity index (χ3v) is 2.02. The second kappa shape index (κ2) is 3.97. The molecule has 1 amide bonds. The van der Waals surface area contributed by atoms with E-state index in [0.717, 1.165) is 0 Å². The molecule has 16 heavy (non-hydrogen) atoms. The number of H-pyrrole nitrogens is 1. The van der Waals surface area contributed by atoms with Gasteiger partial charge in [0.05, 0.1) is 17.6 Å². The lowest BCUT2D eigenvalue weighted by molar-refractivity contribution is 0.102. The number of aromatic nitrogens is 4. The van der Waals surface area contributed by atoms with E-state index in [0.29, 0.717) is 17.2 Å². The highest BCUT2D eigenvalue weighted by molar-refractivity contribution is 6.03. The highest BCUT2D eigenvalue weighted by Gasteiger charge is 2.12. The lowest BCUT2D eigenvalue weighted by atomic mass is 10.3. The molecule has 0 saturated heterocycles. The summed E-state index contributed by atoms with van der Waals surface area (Å²) >= 11 is 0. The number of hydrogen-bond donors (Lipinski definition) is 3. The van der Waals surface area contributed by atoms with Crippen molar-refractivity contribution >= 4 is 17.4 Å². The number of carbonyl (C=O) groups is 1. The normalized spacial score (nSPS) is 10.1. The molecular weight excluding hydrogens is 208 g/mol. The van der Waals surface area contributed by atoms with E-state index in [9.17, 15) is 4.79 Å². The molecule has 0 aliphatic rings. The fraction of sp³-hybridized carbons (Fsp3) is 0.111. The third-order valence-electron chi connectivity index (χ3n) is 2.02. The first kappa shape index (κ1) is 10.1.